The van der Waals surface area contributed by atoms with Gasteiger partial charge >= 0.3 is 0 Å². The number of rotatable bonds is 4. The van der Waals surface area contributed by atoms with Gasteiger partial charge in [-0.3, -0.25) is 4.79 Å². The van der Waals surface area contributed by atoms with Crippen molar-refractivity contribution in [2.24, 2.45) is 0 Å². The number of likely N-dealkylation sites (tertiary alicyclic amines) is 1. The fourth-order valence-electron chi connectivity index (χ4n) is 4.40. The van der Waals surface area contributed by atoms with Crippen LogP contribution in [-0.4, -0.2) is 22.4 Å². The van der Waals surface area contributed by atoms with Gasteiger partial charge in [-0.05, 0) is 49.6 Å². The van der Waals surface area contributed by atoms with E-state index >= 15 is 0 Å². The molecule has 0 N–H and O–H groups in total. The summed E-state index contributed by atoms with van der Waals surface area (Å²) in [5, 5.41) is 0. The van der Waals surface area contributed by atoms with E-state index in [4.69, 9.17) is 4.74 Å². The van der Waals surface area contributed by atoms with Gasteiger partial charge in [-0.25, -0.2) is 4.39 Å². The van der Waals surface area contributed by atoms with Crippen LogP contribution in [0.5, 0.6) is 5.75 Å². The van der Waals surface area contributed by atoms with Crippen LogP contribution >= 0.6 is 0 Å². The van der Waals surface area contributed by atoms with E-state index < -0.39 is 6.10 Å². The van der Waals surface area contributed by atoms with Crippen LogP contribution in [0.15, 0.2) is 48.5 Å². The summed E-state index contributed by atoms with van der Waals surface area (Å²) >= 11 is 0. The van der Waals surface area contributed by atoms with E-state index in [1.807, 2.05) is 11.0 Å². The highest BCUT2D eigenvalue weighted by molar-refractivity contribution is 5.90. The number of ether oxygens (including phenoxy) is 1. The number of carbonyl (C=O) groups is 1. The highest BCUT2D eigenvalue weighted by Gasteiger charge is 2.61. The Balaban J connectivity index is 1.57. The van der Waals surface area contributed by atoms with Gasteiger partial charge in [-0.1, -0.05) is 49.1 Å². The van der Waals surface area contributed by atoms with Gasteiger partial charge in [-0.15, -0.1) is 0 Å². The molecule has 0 bridgehead atoms. The van der Waals surface area contributed by atoms with Crippen molar-refractivity contribution < 1.29 is 13.9 Å². The third-order valence-electron chi connectivity index (χ3n) is 5.73. The van der Waals surface area contributed by atoms with Crippen molar-refractivity contribution in [3.8, 4) is 5.75 Å². The number of carbonyl (C=O) groups excluding carboxylic acids is 1. The summed E-state index contributed by atoms with van der Waals surface area (Å²) in [7, 11) is 0. The predicted molar refractivity (Wildman–Crippen MR) is 98.4 cm³/mol. The summed E-state index contributed by atoms with van der Waals surface area (Å²) in [4.78, 5) is 14.9. The average molecular weight is 353 g/mol. The maximum atomic E-state index is 13.2. The van der Waals surface area contributed by atoms with Crippen molar-refractivity contribution in [1.29, 1.82) is 0 Å². The molecule has 0 aromatic heterocycles. The topological polar surface area (TPSA) is 29.5 Å². The van der Waals surface area contributed by atoms with E-state index in [1.54, 1.807) is 12.1 Å². The molecule has 1 atom stereocenters. The Morgan fingerprint density at radius 3 is 2.54 bits per heavy atom. The zero-order valence-electron chi connectivity index (χ0n) is 15.1. The summed E-state index contributed by atoms with van der Waals surface area (Å²) in [6.07, 6.45) is 4.91. The minimum Gasteiger partial charge on any atom is -0.478 e. The number of hydrogen-bond donors (Lipinski definition) is 0. The lowest BCUT2D eigenvalue weighted by Crippen LogP contribution is -2.76. The second-order valence-electron chi connectivity index (χ2n) is 7.53. The zero-order valence-corrected chi connectivity index (χ0v) is 15.1. The summed E-state index contributed by atoms with van der Waals surface area (Å²) in [6, 6.07) is 14.3. The lowest BCUT2D eigenvalue weighted by atomic mass is 9.69. The smallest absolute Gasteiger partial charge is 0.267 e. The van der Waals surface area contributed by atoms with Crippen LogP contribution < -0.4 is 4.74 Å². The predicted octanol–water partition coefficient (Wildman–Crippen LogP) is 4.63. The van der Waals surface area contributed by atoms with Gasteiger partial charge in [-0.2, -0.15) is 0 Å². The average Bonchev–Trinajstić information content (AvgIpc) is 2.66. The van der Waals surface area contributed by atoms with Crippen LogP contribution in [0.3, 0.4) is 0 Å². The first-order valence-electron chi connectivity index (χ1n) is 9.38. The number of hydrogen-bond acceptors (Lipinski definition) is 2. The molecule has 136 valence electrons. The van der Waals surface area contributed by atoms with Crippen LogP contribution in [0.4, 0.5) is 4.39 Å². The molecule has 1 unspecified atom stereocenters. The van der Waals surface area contributed by atoms with E-state index in [-0.39, 0.29) is 17.3 Å². The van der Waals surface area contributed by atoms with Gasteiger partial charge in [0.2, 0.25) is 0 Å². The van der Waals surface area contributed by atoms with Gasteiger partial charge in [0, 0.05) is 6.54 Å². The Kier molecular flexibility index (Phi) is 4.43. The van der Waals surface area contributed by atoms with Crippen molar-refractivity contribution in [3.05, 3.63) is 65.5 Å². The van der Waals surface area contributed by atoms with Crippen molar-refractivity contribution in [1.82, 2.24) is 4.90 Å². The van der Waals surface area contributed by atoms with Crippen molar-refractivity contribution >= 4 is 5.91 Å². The van der Waals surface area contributed by atoms with E-state index in [0.29, 0.717) is 12.3 Å². The maximum absolute atomic E-state index is 13.2. The summed E-state index contributed by atoms with van der Waals surface area (Å²) in [6.45, 7) is 2.70. The van der Waals surface area contributed by atoms with E-state index in [9.17, 15) is 9.18 Å². The van der Waals surface area contributed by atoms with Crippen LogP contribution in [0, 0.1) is 12.7 Å². The molecule has 1 saturated heterocycles. The highest BCUT2D eigenvalue weighted by Crippen LogP contribution is 2.46. The molecule has 2 aromatic rings. The molecule has 1 amide bonds. The molecule has 1 aliphatic heterocycles. The first-order valence-corrected chi connectivity index (χ1v) is 9.38. The molecule has 1 saturated carbocycles. The van der Waals surface area contributed by atoms with Crippen molar-refractivity contribution in [3.63, 3.8) is 0 Å². The Labute approximate surface area is 153 Å². The Hall–Kier alpha value is -2.36. The number of β-lactam (4-membered cyclic amide) rings is 1. The highest BCUT2D eigenvalue weighted by atomic mass is 19.1. The molecular weight excluding hydrogens is 329 g/mol. The maximum Gasteiger partial charge on any atom is 0.267 e. The van der Waals surface area contributed by atoms with Gasteiger partial charge in [0.1, 0.15) is 11.6 Å². The zero-order chi connectivity index (χ0) is 18.1. The first-order chi connectivity index (χ1) is 12.6. The Morgan fingerprint density at radius 1 is 1.12 bits per heavy atom. The Bertz CT molecular complexity index is 796. The second kappa shape index (κ2) is 6.75. The lowest BCUT2D eigenvalue weighted by molar-refractivity contribution is -0.188. The van der Waals surface area contributed by atoms with Crippen LogP contribution in [0.25, 0.3) is 0 Å². The van der Waals surface area contributed by atoms with Gasteiger partial charge < -0.3 is 9.64 Å². The normalized spacial score (nSPS) is 21.5. The molecule has 0 radical (unpaired) electrons. The van der Waals surface area contributed by atoms with Gasteiger partial charge in [0.15, 0.2) is 6.10 Å². The van der Waals surface area contributed by atoms with Crippen LogP contribution in [0.1, 0.15) is 43.2 Å². The molecule has 2 aromatic carbocycles. The summed E-state index contributed by atoms with van der Waals surface area (Å²) < 4.78 is 19.2. The number of amides is 1. The lowest BCUT2D eigenvalue weighted by Gasteiger charge is -2.58. The van der Waals surface area contributed by atoms with E-state index in [2.05, 4.69) is 25.1 Å². The van der Waals surface area contributed by atoms with Gasteiger partial charge in [0.25, 0.3) is 5.91 Å². The molecular formula is C22H24FNO2. The van der Waals surface area contributed by atoms with Gasteiger partial charge in [0.05, 0.1) is 5.54 Å². The van der Waals surface area contributed by atoms with Crippen molar-refractivity contribution in [2.75, 3.05) is 0 Å². The molecule has 1 heterocycles. The molecule has 3 nitrogen and oxygen atoms in total. The third kappa shape index (κ3) is 2.98. The van der Waals surface area contributed by atoms with E-state index in [1.165, 1.54) is 24.1 Å². The minimum atomic E-state index is -0.460. The number of aryl methyl sites for hydroxylation is 1. The SMILES string of the molecule is Cc1cccc(CN2C(=O)C(Oc3ccc(F)cc3)C23CCCCC3)c1. The fraction of sp³-hybridized carbons (Fsp3) is 0.409. The minimum absolute atomic E-state index is 0.0396. The molecule has 26 heavy (non-hydrogen) atoms. The monoisotopic (exact) mass is 353 g/mol. The number of benzene rings is 2. The molecule has 4 heteroatoms. The quantitative estimate of drug-likeness (QED) is 0.750. The third-order valence-corrected chi connectivity index (χ3v) is 5.73. The summed E-state index contributed by atoms with van der Waals surface area (Å²) in [5.41, 5.74) is 2.13. The van der Waals surface area contributed by atoms with Crippen molar-refractivity contribution in [2.45, 2.75) is 57.2 Å². The summed E-state index contributed by atoms with van der Waals surface area (Å²) in [5.74, 6) is 0.299. The molecule has 2 fully saturated rings. The van der Waals surface area contributed by atoms with Crippen LogP contribution in [-0.2, 0) is 11.3 Å². The van der Waals surface area contributed by atoms with E-state index in [0.717, 1.165) is 31.2 Å². The number of nitrogens with zero attached hydrogens (tertiary/aromatic N) is 1. The standard InChI is InChI=1S/C22H24FNO2/c1-16-6-5-7-17(14-16)15-24-21(25)20(22(24)12-3-2-4-13-22)26-19-10-8-18(23)9-11-19/h5-11,14,20H,2-4,12-13,15H2,1H3. The molecule has 4 rings (SSSR count). The number of halogens is 1. The first kappa shape index (κ1) is 17.1. The Morgan fingerprint density at radius 2 is 1.85 bits per heavy atom. The second-order valence-corrected chi connectivity index (χ2v) is 7.53. The largest absolute Gasteiger partial charge is 0.478 e. The molecule has 2 aliphatic rings. The van der Waals surface area contributed by atoms with Crippen LogP contribution in [0.2, 0.25) is 0 Å². The molecule has 1 aliphatic carbocycles. The molecule has 1 spiro atoms. The fourth-order valence-corrected chi connectivity index (χ4v) is 4.40.